The quantitative estimate of drug-likeness (QED) is 0.612. The highest BCUT2D eigenvalue weighted by atomic mass is 32.1. The first-order valence-electron chi connectivity index (χ1n) is 9.72. The number of hydrogen-bond acceptors (Lipinski definition) is 5. The van der Waals surface area contributed by atoms with Crippen LogP contribution in [0.15, 0.2) is 24.3 Å². The molecule has 1 aliphatic rings. The predicted molar refractivity (Wildman–Crippen MR) is 110 cm³/mol. The number of carbonyl (C=O) groups is 2. The van der Waals surface area contributed by atoms with Gasteiger partial charge in [-0.2, -0.15) is 13.2 Å². The highest BCUT2D eigenvalue weighted by Crippen LogP contribution is 2.40. The van der Waals surface area contributed by atoms with Gasteiger partial charge in [-0.25, -0.2) is 4.79 Å². The number of alkyl halides is 3. The average molecular weight is 440 g/mol. The Hall–Kier alpha value is -2.55. The topological polar surface area (TPSA) is 67.4 Å². The minimum Gasteiger partial charge on any atom is -0.462 e. The Morgan fingerprint density at radius 2 is 2.00 bits per heavy atom. The number of esters is 1. The molecule has 0 fully saturated rings. The van der Waals surface area contributed by atoms with Crippen molar-refractivity contribution in [1.82, 2.24) is 0 Å². The summed E-state index contributed by atoms with van der Waals surface area (Å²) in [7, 11) is 0. The van der Waals surface area contributed by atoms with E-state index in [1.165, 1.54) is 29.5 Å². The van der Waals surface area contributed by atoms with Crippen LogP contribution in [-0.4, -0.2) is 25.0 Å². The van der Waals surface area contributed by atoms with Crippen molar-refractivity contribution in [3.05, 3.63) is 45.8 Å². The van der Waals surface area contributed by atoms with Crippen LogP contribution in [0, 0.1) is 5.92 Å². The second-order valence-corrected chi connectivity index (χ2v) is 8.33. The van der Waals surface area contributed by atoms with Crippen molar-refractivity contribution in [3.8, 4) is 0 Å². The molecule has 2 aromatic rings. The zero-order valence-corrected chi connectivity index (χ0v) is 17.5. The fourth-order valence-corrected chi connectivity index (χ4v) is 4.90. The van der Waals surface area contributed by atoms with Crippen LogP contribution in [0.2, 0.25) is 0 Å². The van der Waals surface area contributed by atoms with Gasteiger partial charge in [0, 0.05) is 10.6 Å². The summed E-state index contributed by atoms with van der Waals surface area (Å²) >= 11 is 1.34. The highest BCUT2D eigenvalue weighted by molar-refractivity contribution is 7.17. The molecule has 1 aromatic carbocycles. The molecule has 1 aromatic heterocycles. The molecule has 162 valence electrons. The minimum atomic E-state index is -4.53. The molecule has 9 heteroatoms. The number of thiophene rings is 1. The number of amides is 1. The number of anilines is 2. The lowest BCUT2D eigenvalue weighted by Crippen LogP contribution is -2.24. The second kappa shape index (κ2) is 9.07. The molecule has 1 amide bonds. The van der Waals surface area contributed by atoms with Crippen LogP contribution in [0.4, 0.5) is 23.9 Å². The third kappa shape index (κ3) is 4.95. The monoisotopic (exact) mass is 440 g/mol. The van der Waals surface area contributed by atoms with E-state index in [4.69, 9.17) is 4.74 Å². The molecule has 0 radical (unpaired) electrons. The second-order valence-electron chi connectivity index (χ2n) is 7.22. The molecule has 3 rings (SSSR count). The third-order valence-corrected chi connectivity index (χ3v) is 6.09. The molecule has 30 heavy (non-hydrogen) atoms. The lowest BCUT2D eigenvalue weighted by atomic mass is 9.88. The van der Waals surface area contributed by atoms with E-state index in [2.05, 4.69) is 17.6 Å². The molecule has 0 saturated heterocycles. The zero-order chi connectivity index (χ0) is 21.9. The summed E-state index contributed by atoms with van der Waals surface area (Å²) in [5, 5.41) is 5.62. The summed E-state index contributed by atoms with van der Waals surface area (Å²) in [5.41, 5.74) is 0.255. The van der Waals surface area contributed by atoms with Gasteiger partial charge in [-0.3, -0.25) is 4.79 Å². The summed E-state index contributed by atoms with van der Waals surface area (Å²) in [6.07, 6.45) is -2.03. The molecule has 2 N–H and O–H groups in total. The number of hydrogen-bond donors (Lipinski definition) is 2. The van der Waals surface area contributed by atoms with E-state index in [0.717, 1.165) is 35.8 Å². The summed E-state index contributed by atoms with van der Waals surface area (Å²) < 4.78 is 44.5. The van der Waals surface area contributed by atoms with E-state index in [9.17, 15) is 22.8 Å². The largest absolute Gasteiger partial charge is 0.462 e. The van der Waals surface area contributed by atoms with E-state index in [1.54, 1.807) is 6.92 Å². The van der Waals surface area contributed by atoms with Crippen molar-refractivity contribution in [2.75, 3.05) is 23.8 Å². The van der Waals surface area contributed by atoms with Gasteiger partial charge in [-0.05, 0) is 49.8 Å². The molecule has 1 unspecified atom stereocenters. The molecule has 1 atom stereocenters. The van der Waals surface area contributed by atoms with Crippen molar-refractivity contribution in [3.63, 3.8) is 0 Å². The number of rotatable bonds is 6. The van der Waals surface area contributed by atoms with E-state index < -0.39 is 23.6 Å². The Morgan fingerprint density at radius 1 is 1.27 bits per heavy atom. The fourth-order valence-electron chi connectivity index (χ4n) is 3.49. The summed E-state index contributed by atoms with van der Waals surface area (Å²) in [5.74, 6) is -0.547. The first kappa shape index (κ1) is 22.1. The molecular formula is C21H23F3N2O3S. The Labute approximate surface area is 176 Å². The number of carbonyl (C=O) groups excluding carboxylic acids is 2. The van der Waals surface area contributed by atoms with Gasteiger partial charge >= 0.3 is 12.1 Å². The van der Waals surface area contributed by atoms with Crippen LogP contribution in [0.5, 0.6) is 0 Å². The molecule has 0 spiro atoms. The van der Waals surface area contributed by atoms with Crippen molar-refractivity contribution in [1.29, 1.82) is 0 Å². The van der Waals surface area contributed by atoms with Gasteiger partial charge in [0.1, 0.15) is 5.00 Å². The first-order valence-corrected chi connectivity index (χ1v) is 10.5. The predicted octanol–water partition coefficient (Wildman–Crippen LogP) is 5.12. The van der Waals surface area contributed by atoms with E-state index in [-0.39, 0.29) is 18.8 Å². The van der Waals surface area contributed by atoms with Crippen LogP contribution in [0.25, 0.3) is 0 Å². The Kier molecular flexibility index (Phi) is 6.70. The number of halogens is 3. The summed E-state index contributed by atoms with van der Waals surface area (Å²) in [6.45, 7) is 3.68. The van der Waals surface area contributed by atoms with Crippen LogP contribution >= 0.6 is 11.3 Å². The SMILES string of the molecule is CCOC(=O)c1c(NC(=O)CNc2ccccc2C(F)(F)F)sc2c1CCC(C)C2. The molecule has 1 aliphatic carbocycles. The average Bonchev–Trinajstić information content (AvgIpc) is 3.02. The van der Waals surface area contributed by atoms with Crippen molar-refractivity contribution in [2.24, 2.45) is 5.92 Å². The van der Waals surface area contributed by atoms with Crippen LogP contribution in [-0.2, 0) is 28.5 Å². The van der Waals surface area contributed by atoms with Gasteiger partial charge in [0.05, 0.1) is 24.3 Å². The van der Waals surface area contributed by atoms with Gasteiger partial charge < -0.3 is 15.4 Å². The van der Waals surface area contributed by atoms with Crippen molar-refractivity contribution < 1.29 is 27.5 Å². The maximum Gasteiger partial charge on any atom is 0.418 e. The Morgan fingerprint density at radius 3 is 2.70 bits per heavy atom. The van der Waals surface area contributed by atoms with Crippen molar-refractivity contribution in [2.45, 2.75) is 39.3 Å². The van der Waals surface area contributed by atoms with E-state index in [0.29, 0.717) is 16.5 Å². The van der Waals surface area contributed by atoms with Gasteiger partial charge in [-0.1, -0.05) is 19.1 Å². The smallest absolute Gasteiger partial charge is 0.418 e. The normalized spacial score (nSPS) is 16.0. The number of ether oxygens (including phenoxy) is 1. The Balaban J connectivity index is 1.77. The first-order chi connectivity index (χ1) is 14.2. The highest BCUT2D eigenvalue weighted by Gasteiger charge is 2.33. The Bertz CT molecular complexity index is 940. The number of nitrogens with one attached hydrogen (secondary N) is 2. The molecule has 0 bridgehead atoms. The fraction of sp³-hybridized carbons (Fsp3) is 0.429. The maximum absolute atomic E-state index is 13.1. The third-order valence-electron chi connectivity index (χ3n) is 4.92. The van der Waals surface area contributed by atoms with Crippen LogP contribution in [0.1, 0.15) is 46.6 Å². The van der Waals surface area contributed by atoms with Gasteiger partial charge in [0.2, 0.25) is 5.91 Å². The number of para-hydroxylation sites is 1. The van der Waals surface area contributed by atoms with Crippen molar-refractivity contribution >= 4 is 33.9 Å². The molecule has 0 saturated carbocycles. The summed E-state index contributed by atoms with van der Waals surface area (Å²) in [6, 6.07) is 4.97. The molecular weight excluding hydrogens is 417 g/mol. The summed E-state index contributed by atoms with van der Waals surface area (Å²) in [4.78, 5) is 26.0. The van der Waals surface area contributed by atoms with Crippen LogP contribution < -0.4 is 10.6 Å². The van der Waals surface area contributed by atoms with Gasteiger partial charge in [-0.15, -0.1) is 11.3 Å². The lowest BCUT2D eigenvalue weighted by molar-refractivity contribution is -0.137. The number of fused-ring (bicyclic) bond motifs is 1. The van der Waals surface area contributed by atoms with Gasteiger partial charge in [0.15, 0.2) is 0 Å². The minimum absolute atomic E-state index is 0.176. The standard InChI is InChI=1S/C21H23F3N2O3S/c1-3-29-20(28)18-13-9-8-12(2)10-16(13)30-19(18)26-17(27)11-25-15-7-5-4-6-14(15)21(22,23)24/h4-7,12,25H,3,8-11H2,1-2H3,(H,26,27). The van der Waals surface area contributed by atoms with E-state index >= 15 is 0 Å². The van der Waals surface area contributed by atoms with E-state index in [1.807, 2.05) is 0 Å². The number of benzene rings is 1. The lowest BCUT2D eigenvalue weighted by Gasteiger charge is -2.18. The van der Waals surface area contributed by atoms with Gasteiger partial charge in [0.25, 0.3) is 0 Å². The molecule has 1 heterocycles. The molecule has 5 nitrogen and oxygen atoms in total. The zero-order valence-electron chi connectivity index (χ0n) is 16.7. The maximum atomic E-state index is 13.1. The van der Waals surface area contributed by atoms with Crippen LogP contribution in [0.3, 0.4) is 0 Å². The molecule has 0 aliphatic heterocycles.